The zero-order valence-corrected chi connectivity index (χ0v) is 12.3. The molecule has 0 bridgehead atoms. The van der Waals surface area contributed by atoms with Gasteiger partial charge in [0.15, 0.2) is 5.78 Å². The number of nitrogens with two attached hydrogens (primary N) is 1. The smallest absolute Gasteiger partial charge is 0.243 e. The molecule has 0 amide bonds. The first-order valence-corrected chi connectivity index (χ1v) is 7.60. The van der Waals surface area contributed by atoms with Crippen LogP contribution in [0.2, 0.25) is 0 Å². The molecule has 0 aliphatic carbocycles. The normalized spacial score (nSPS) is 13.5. The Labute approximate surface area is 114 Å². The molecule has 5 nitrogen and oxygen atoms in total. The van der Waals surface area contributed by atoms with E-state index in [9.17, 15) is 13.2 Å². The number of hydrogen-bond acceptors (Lipinski definition) is 4. The van der Waals surface area contributed by atoms with Crippen LogP contribution in [0.15, 0.2) is 29.2 Å². The second-order valence-corrected chi connectivity index (χ2v) is 6.41. The molecule has 0 saturated heterocycles. The molecule has 0 aliphatic heterocycles. The summed E-state index contributed by atoms with van der Waals surface area (Å²) in [7, 11) is -2.13. The van der Waals surface area contributed by atoms with E-state index < -0.39 is 10.0 Å². The molecule has 0 saturated carbocycles. The van der Waals surface area contributed by atoms with E-state index >= 15 is 0 Å². The number of Topliss-reactive ketones (excluding diaryl/α,β-unsaturated/α-hetero) is 1. The highest BCUT2D eigenvalue weighted by molar-refractivity contribution is 7.89. The Balaban J connectivity index is 3.19. The van der Waals surface area contributed by atoms with Crippen LogP contribution in [0.3, 0.4) is 0 Å². The molecule has 0 aromatic heterocycles. The summed E-state index contributed by atoms with van der Waals surface area (Å²) in [6.07, 6.45) is 0.346. The molecular formula is C13H20N2O3S. The van der Waals surface area contributed by atoms with Gasteiger partial charge in [-0.05, 0) is 19.1 Å². The van der Waals surface area contributed by atoms with E-state index in [-0.39, 0.29) is 23.3 Å². The predicted molar refractivity (Wildman–Crippen MR) is 74.5 cm³/mol. The van der Waals surface area contributed by atoms with E-state index in [1.165, 1.54) is 23.5 Å². The summed E-state index contributed by atoms with van der Waals surface area (Å²) in [6, 6.07) is 5.81. The van der Waals surface area contributed by atoms with Crippen LogP contribution in [0.4, 0.5) is 0 Å². The molecule has 1 aromatic carbocycles. The molecule has 106 valence electrons. The molecule has 1 aromatic rings. The summed E-state index contributed by atoms with van der Waals surface area (Å²) in [5.41, 5.74) is 5.90. The number of likely N-dealkylation sites (N-methyl/N-ethyl adjacent to an activating group) is 1. The van der Waals surface area contributed by atoms with Crippen LogP contribution < -0.4 is 5.73 Å². The summed E-state index contributed by atoms with van der Waals surface area (Å²) in [5.74, 6) is -0.0772. The van der Waals surface area contributed by atoms with Gasteiger partial charge in [0.25, 0.3) is 0 Å². The fourth-order valence-corrected chi connectivity index (χ4v) is 3.00. The molecule has 6 heteroatoms. The van der Waals surface area contributed by atoms with Crippen molar-refractivity contribution in [2.45, 2.75) is 31.2 Å². The van der Waals surface area contributed by atoms with E-state index in [0.717, 1.165) is 0 Å². The highest BCUT2D eigenvalue weighted by Crippen LogP contribution is 2.18. The van der Waals surface area contributed by atoms with Gasteiger partial charge in [0.2, 0.25) is 10.0 Å². The van der Waals surface area contributed by atoms with Crippen LogP contribution in [0.5, 0.6) is 0 Å². The quantitative estimate of drug-likeness (QED) is 0.797. The SMILES string of the molecule is CCC(=O)c1cccc(S(=O)(=O)N(C)C(C)CN)c1. The second kappa shape index (κ2) is 6.27. The number of nitrogens with zero attached hydrogens (tertiary/aromatic N) is 1. The molecule has 0 radical (unpaired) electrons. The van der Waals surface area contributed by atoms with E-state index in [2.05, 4.69) is 0 Å². The van der Waals surface area contributed by atoms with E-state index in [1.54, 1.807) is 26.0 Å². The standard InChI is InChI=1S/C13H20N2O3S/c1-4-13(16)11-6-5-7-12(8-11)19(17,18)15(3)10(2)9-14/h5-8,10H,4,9,14H2,1-3H3. The maximum Gasteiger partial charge on any atom is 0.243 e. The van der Waals surface area contributed by atoms with Crippen molar-refractivity contribution < 1.29 is 13.2 Å². The van der Waals surface area contributed by atoms with Crippen LogP contribution in [-0.4, -0.2) is 38.1 Å². The van der Waals surface area contributed by atoms with E-state index in [1.807, 2.05) is 0 Å². The summed E-state index contributed by atoms with van der Waals surface area (Å²) in [6.45, 7) is 3.72. The molecule has 1 rings (SSSR count). The van der Waals surface area contributed by atoms with Gasteiger partial charge in [-0.3, -0.25) is 4.79 Å². The monoisotopic (exact) mass is 284 g/mol. The first-order chi connectivity index (χ1) is 8.84. The van der Waals surface area contributed by atoms with Gasteiger partial charge < -0.3 is 5.73 Å². The Morgan fingerprint density at radius 2 is 2.05 bits per heavy atom. The minimum Gasteiger partial charge on any atom is -0.329 e. The van der Waals surface area contributed by atoms with Gasteiger partial charge in [0.1, 0.15) is 0 Å². The lowest BCUT2D eigenvalue weighted by atomic mass is 10.1. The minimum absolute atomic E-state index is 0.0772. The van der Waals surface area contributed by atoms with Gasteiger partial charge in [0, 0.05) is 31.6 Å². The van der Waals surface area contributed by atoms with Crippen LogP contribution in [0.1, 0.15) is 30.6 Å². The predicted octanol–water partition coefficient (Wildman–Crippen LogP) is 1.25. The van der Waals surface area contributed by atoms with Gasteiger partial charge in [-0.15, -0.1) is 0 Å². The Bertz CT molecular complexity index is 555. The third-order valence-corrected chi connectivity index (χ3v) is 5.08. The highest BCUT2D eigenvalue weighted by Gasteiger charge is 2.25. The molecular weight excluding hydrogens is 264 g/mol. The number of sulfonamides is 1. The topological polar surface area (TPSA) is 80.5 Å². The Kier molecular flexibility index (Phi) is 5.22. The van der Waals surface area contributed by atoms with E-state index in [0.29, 0.717) is 12.0 Å². The largest absolute Gasteiger partial charge is 0.329 e. The third-order valence-electron chi connectivity index (χ3n) is 3.12. The number of carbonyl (C=O) groups excluding carboxylic acids is 1. The first kappa shape index (κ1) is 15.8. The summed E-state index contributed by atoms with van der Waals surface area (Å²) in [4.78, 5) is 11.7. The van der Waals surface area contributed by atoms with Crippen LogP contribution in [-0.2, 0) is 10.0 Å². The van der Waals surface area contributed by atoms with Gasteiger partial charge in [-0.2, -0.15) is 4.31 Å². The molecule has 0 aliphatic rings. The lowest BCUT2D eigenvalue weighted by molar-refractivity contribution is 0.0988. The van der Waals surface area contributed by atoms with E-state index in [4.69, 9.17) is 5.73 Å². The van der Waals surface area contributed by atoms with Crippen molar-refractivity contribution in [2.75, 3.05) is 13.6 Å². The third kappa shape index (κ3) is 3.40. The van der Waals surface area contributed by atoms with Gasteiger partial charge in [-0.25, -0.2) is 8.42 Å². The number of rotatable bonds is 6. The van der Waals surface area contributed by atoms with Gasteiger partial charge in [-0.1, -0.05) is 19.1 Å². The zero-order chi connectivity index (χ0) is 14.6. The maximum absolute atomic E-state index is 12.4. The van der Waals surface area contributed by atoms with Gasteiger partial charge >= 0.3 is 0 Å². The first-order valence-electron chi connectivity index (χ1n) is 6.16. The summed E-state index contributed by atoms with van der Waals surface area (Å²) < 4.78 is 25.9. The Morgan fingerprint density at radius 1 is 1.42 bits per heavy atom. The average Bonchev–Trinajstić information content (AvgIpc) is 2.44. The van der Waals surface area contributed by atoms with Crippen molar-refractivity contribution in [2.24, 2.45) is 5.73 Å². The fourth-order valence-electron chi connectivity index (χ4n) is 1.59. The van der Waals surface area contributed by atoms with Crippen LogP contribution in [0.25, 0.3) is 0 Å². The number of benzene rings is 1. The van der Waals surface area contributed by atoms with Crippen molar-refractivity contribution in [1.29, 1.82) is 0 Å². The van der Waals surface area contributed by atoms with Crippen LogP contribution in [0, 0.1) is 0 Å². The van der Waals surface area contributed by atoms with Crippen LogP contribution >= 0.6 is 0 Å². The van der Waals surface area contributed by atoms with Gasteiger partial charge in [0.05, 0.1) is 4.90 Å². The van der Waals surface area contributed by atoms with Crippen molar-refractivity contribution >= 4 is 15.8 Å². The zero-order valence-electron chi connectivity index (χ0n) is 11.5. The average molecular weight is 284 g/mol. The number of ketones is 1. The Hall–Kier alpha value is -1.24. The minimum atomic E-state index is -3.61. The molecule has 0 heterocycles. The molecule has 1 atom stereocenters. The highest BCUT2D eigenvalue weighted by atomic mass is 32.2. The Morgan fingerprint density at radius 3 is 2.58 bits per heavy atom. The lowest BCUT2D eigenvalue weighted by Crippen LogP contribution is -2.39. The number of hydrogen-bond donors (Lipinski definition) is 1. The summed E-state index contributed by atoms with van der Waals surface area (Å²) in [5, 5.41) is 0. The van der Waals surface area contributed by atoms with Crippen molar-refractivity contribution in [3.05, 3.63) is 29.8 Å². The fraction of sp³-hybridized carbons (Fsp3) is 0.462. The maximum atomic E-state index is 12.4. The molecule has 19 heavy (non-hydrogen) atoms. The molecule has 1 unspecified atom stereocenters. The molecule has 0 fully saturated rings. The number of carbonyl (C=O) groups is 1. The lowest BCUT2D eigenvalue weighted by Gasteiger charge is -2.23. The summed E-state index contributed by atoms with van der Waals surface area (Å²) >= 11 is 0. The van der Waals surface area contributed by atoms with Crippen molar-refractivity contribution in [3.63, 3.8) is 0 Å². The second-order valence-electron chi connectivity index (χ2n) is 4.41. The molecule has 0 spiro atoms. The van der Waals surface area contributed by atoms with Crippen molar-refractivity contribution in [3.8, 4) is 0 Å². The molecule has 2 N–H and O–H groups in total. The van der Waals surface area contributed by atoms with Crippen molar-refractivity contribution in [1.82, 2.24) is 4.31 Å².